The van der Waals surface area contributed by atoms with Crippen LogP contribution in [0.25, 0.3) is 10.8 Å². The summed E-state index contributed by atoms with van der Waals surface area (Å²) in [4.78, 5) is 0. The molecule has 0 fully saturated rings. The van der Waals surface area contributed by atoms with E-state index >= 15 is 0 Å². The van der Waals surface area contributed by atoms with Crippen molar-refractivity contribution in [1.29, 1.82) is 0 Å². The minimum absolute atomic E-state index is 0.364. The predicted molar refractivity (Wildman–Crippen MR) is 86.5 cm³/mol. The third kappa shape index (κ3) is 2.66. The molecule has 3 rings (SSSR count). The number of halogens is 3. The molecule has 100 valence electrons. The van der Waals surface area contributed by atoms with Gasteiger partial charge in [0.15, 0.2) is 5.15 Å². The lowest BCUT2D eigenvalue weighted by Crippen LogP contribution is -1.93. The van der Waals surface area contributed by atoms with Crippen molar-refractivity contribution in [1.82, 2.24) is 10.2 Å². The summed E-state index contributed by atoms with van der Waals surface area (Å²) in [5, 5.41) is 9.94. The van der Waals surface area contributed by atoms with Gasteiger partial charge in [0.25, 0.3) is 0 Å². The van der Waals surface area contributed by atoms with Crippen molar-refractivity contribution in [2.24, 2.45) is 0 Å². The van der Waals surface area contributed by atoms with Gasteiger partial charge in [-0.3, -0.25) is 0 Å². The number of nitrogens with zero attached hydrogens (tertiary/aromatic N) is 2. The average molecular weight is 414 g/mol. The molecular formula is C14H7Br2ClN2O. The summed E-state index contributed by atoms with van der Waals surface area (Å²) in [6.45, 7) is 0. The van der Waals surface area contributed by atoms with Gasteiger partial charge in [-0.15, -0.1) is 10.2 Å². The van der Waals surface area contributed by atoms with Crippen LogP contribution in [0.4, 0.5) is 0 Å². The van der Waals surface area contributed by atoms with E-state index in [1.165, 1.54) is 0 Å². The Labute approximate surface area is 137 Å². The number of aromatic nitrogens is 2. The largest absolute Gasteiger partial charge is 0.436 e. The van der Waals surface area contributed by atoms with E-state index in [1.807, 2.05) is 42.5 Å². The number of hydrogen-bond donors (Lipinski definition) is 0. The molecule has 0 aliphatic heterocycles. The van der Waals surface area contributed by atoms with Crippen molar-refractivity contribution in [3.63, 3.8) is 0 Å². The molecular weight excluding hydrogens is 407 g/mol. The molecule has 20 heavy (non-hydrogen) atoms. The Morgan fingerprint density at radius 3 is 2.45 bits per heavy atom. The lowest BCUT2D eigenvalue weighted by molar-refractivity contribution is 0.459. The molecule has 0 spiro atoms. The van der Waals surface area contributed by atoms with Crippen molar-refractivity contribution < 1.29 is 4.74 Å². The molecule has 2 aromatic carbocycles. The van der Waals surface area contributed by atoms with Gasteiger partial charge in [0.05, 0.1) is 4.47 Å². The second-order valence-electron chi connectivity index (χ2n) is 4.02. The second kappa shape index (κ2) is 5.68. The zero-order chi connectivity index (χ0) is 14.1. The molecule has 0 amide bonds. The third-order valence-electron chi connectivity index (χ3n) is 2.71. The molecule has 0 bridgehead atoms. The van der Waals surface area contributed by atoms with E-state index < -0.39 is 0 Å². The van der Waals surface area contributed by atoms with E-state index in [0.29, 0.717) is 16.8 Å². The molecule has 0 saturated heterocycles. The van der Waals surface area contributed by atoms with Gasteiger partial charge < -0.3 is 4.74 Å². The standard InChI is InChI=1S/C14H7Br2ClN2O/c15-8-5-6-12(11(16)7-8)20-14-10-4-2-1-3-9(10)13(17)18-19-14/h1-7H. The first-order chi connectivity index (χ1) is 9.65. The molecule has 0 aliphatic carbocycles. The Morgan fingerprint density at radius 1 is 0.950 bits per heavy atom. The molecule has 1 heterocycles. The smallest absolute Gasteiger partial charge is 0.246 e. The molecule has 0 saturated carbocycles. The summed E-state index contributed by atoms with van der Waals surface area (Å²) in [7, 11) is 0. The zero-order valence-electron chi connectivity index (χ0n) is 9.98. The number of hydrogen-bond acceptors (Lipinski definition) is 3. The Kier molecular flexibility index (Phi) is 3.92. The number of fused-ring (bicyclic) bond motifs is 1. The molecule has 1 aromatic heterocycles. The molecule has 3 aromatic rings. The van der Waals surface area contributed by atoms with Crippen LogP contribution in [0.15, 0.2) is 51.4 Å². The Bertz CT molecular complexity index is 795. The van der Waals surface area contributed by atoms with E-state index in [1.54, 1.807) is 0 Å². The SMILES string of the molecule is Clc1nnc(Oc2ccc(Br)cc2Br)c2ccccc12. The molecule has 0 atom stereocenters. The highest BCUT2D eigenvalue weighted by atomic mass is 79.9. The molecule has 0 unspecified atom stereocenters. The predicted octanol–water partition coefficient (Wildman–Crippen LogP) is 5.60. The monoisotopic (exact) mass is 412 g/mol. The van der Waals surface area contributed by atoms with Crippen LogP contribution < -0.4 is 4.74 Å². The Morgan fingerprint density at radius 2 is 1.70 bits per heavy atom. The van der Waals surface area contributed by atoms with E-state index in [-0.39, 0.29) is 0 Å². The minimum Gasteiger partial charge on any atom is -0.436 e. The fraction of sp³-hybridized carbons (Fsp3) is 0. The maximum absolute atomic E-state index is 6.04. The van der Waals surface area contributed by atoms with E-state index in [0.717, 1.165) is 19.7 Å². The van der Waals surface area contributed by atoms with Gasteiger partial charge in [-0.1, -0.05) is 45.7 Å². The maximum atomic E-state index is 6.04. The highest BCUT2D eigenvalue weighted by Gasteiger charge is 2.11. The van der Waals surface area contributed by atoms with Gasteiger partial charge in [0, 0.05) is 15.2 Å². The first-order valence-electron chi connectivity index (χ1n) is 5.69. The number of benzene rings is 2. The summed E-state index contributed by atoms with van der Waals surface area (Å²) in [5.41, 5.74) is 0. The van der Waals surface area contributed by atoms with Crippen LogP contribution in [0.1, 0.15) is 0 Å². The van der Waals surface area contributed by atoms with Crippen molar-refractivity contribution in [2.45, 2.75) is 0 Å². The summed E-state index contributed by atoms with van der Waals surface area (Å²) in [6, 6.07) is 13.2. The van der Waals surface area contributed by atoms with Gasteiger partial charge in [-0.2, -0.15) is 0 Å². The highest BCUT2D eigenvalue weighted by Crippen LogP contribution is 2.34. The summed E-state index contributed by atoms with van der Waals surface area (Å²) >= 11 is 12.9. The normalized spacial score (nSPS) is 10.8. The number of ether oxygens (including phenoxy) is 1. The van der Waals surface area contributed by atoms with Crippen LogP contribution in [0.2, 0.25) is 5.15 Å². The highest BCUT2D eigenvalue weighted by molar-refractivity contribution is 9.11. The van der Waals surface area contributed by atoms with Gasteiger partial charge in [-0.25, -0.2) is 0 Å². The van der Waals surface area contributed by atoms with Crippen LogP contribution in [0.5, 0.6) is 11.6 Å². The van der Waals surface area contributed by atoms with Crippen LogP contribution in [0, 0.1) is 0 Å². The summed E-state index contributed by atoms with van der Waals surface area (Å²) in [5.74, 6) is 1.09. The van der Waals surface area contributed by atoms with Gasteiger partial charge in [-0.05, 0) is 40.2 Å². The quantitative estimate of drug-likeness (QED) is 0.547. The van der Waals surface area contributed by atoms with Gasteiger partial charge in [0.2, 0.25) is 5.88 Å². The van der Waals surface area contributed by atoms with Crippen LogP contribution >= 0.6 is 43.5 Å². The molecule has 0 aliphatic rings. The van der Waals surface area contributed by atoms with Crippen LogP contribution in [0.3, 0.4) is 0 Å². The third-order valence-corrected chi connectivity index (χ3v) is 4.10. The topological polar surface area (TPSA) is 35.0 Å². The van der Waals surface area contributed by atoms with E-state index in [4.69, 9.17) is 16.3 Å². The van der Waals surface area contributed by atoms with Gasteiger partial charge >= 0.3 is 0 Å². The fourth-order valence-electron chi connectivity index (χ4n) is 1.78. The van der Waals surface area contributed by atoms with Crippen molar-refractivity contribution in [3.8, 4) is 11.6 Å². The first kappa shape index (κ1) is 13.8. The lowest BCUT2D eigenvalue weighted by atomic mass is 10.2. The molecule has 6 heteroatoms. The maximum Gasteiger partial charge on any atom is 0.246 e. The van der Waals surface area contributed by atoms with Crippen LogP contribution in [-0.4, -0.2) is 10.2 Å². The summed E-state index contributed by atoms with van der Waals surface area (Å²) in [6.07, 6.45) is 0. The van der Waals surface area contributed by atoms with E-state index in [9.17, 15) is 0 Å². The molecule has 0 N–H and O–H groups in total. The minimum atomic E-state index is 0.364. The van der Waals surface area contributed by atoms with Gasteiger partial charge in [0.1, 0.15) is 5.75 Å². The van der Waals surface area contributed by atoms with Crippen molar-refractivity contribution in [3.05, 3.63) is 56.6 Å². The summed E-state index contributed by atoms with van der Waals surface area (Å²) < 4.78 is 7.62. The first-order valence-corrected chi connectivity index (χ1v) is 7.65. The zero-order valence-corrected chi connectivity index (χ0v) is 13.9. The molecule has 0 radical (unpaired) electrons. The molecule has 3 nitrogen and oxygen atoms in total. The lowest BCUT2D eigenvalue weighted by Gasteiger charge is -2.09. The Hall–Kier alpha value is -1.17. The van der Waals surface area contributed by atoms with Crippen LogP contribution in [-0.2, 0) is 0 Å². The second-order valence-corrected chi connectivity index (χ2v) is 6.15. The van der Waals surface area contributed by atoms with Crippen molar-refractivity contribution in [2.75, 3.05) is 0 Å². The fourth-order valence-corrected chi connectivity index (χ4v) is 3.11. The Balaban J connectivity index is 2.09. The average Bonchev–Trinajstić information content (AvgIpc) is 2.45. The van der Waals surface area contributed by atoms with Crippen molar-refractivity contribution >= 4 is 54.2 Å². The number of rotatable bonds is 2. The van der Waals surface area contributed by atoms with E-state index in [2.05, 4.69) is 42.1 Å².